The van der Waals surface area contributed by atoms with Crippen LogP contribution < -0.4 is 10.6 Å². The lowest BCUT2D eigenvalue weighted by atomic mass is 10.0. The first-order valence-corrected chi connectivity index (χ1v) is 15.0. The maximum Gasteiger partial charge on any atom is 0.408 e. The first-order chi connectivity index (χ1) is 19.8. The van der Waals surface area contributed by atoms with Gasteiger partial charge in [-0.1, -0.05) is 30.3 Å². The van der Waals surface area contributed by atoms with Crippen molar-refractivity contribution < 1.29 is 38.1 Å². The summed E-state index contributed by atoms with van der Waals surface area (Å²) in [6.45, 7) is 17.5. The Morgan fingerprint density at radius 3 is 1.88 bits per heavy atom. The monoisotopic (exact) mass is 605 g/mol. The van der Waals surface area contributed by atoms with Gasteiger partial charge in [-0.2, -0.15) is 0 Å². The molecule has 1 unspecified atom stereocenters. The predicted octanol–water partition coefficient (Wildman–Crippen LogP) is 4.12. The Kier molecular flexibility index (Phi) is 13.0. The summed E-state index contributed by atoms with van der Waals surface area (Å²) in [5.74, 6) is -1.32. The fraction of sp³-hybridized carbons (Fsp3) is 0.688. The molecule has 1 aromatic carbocycles. The highest BCUT2D eigenvalue weighted by Crippen LogP contribution is 2.22. The Morgan fingerprint density at radius 2 is 1.37 bits per heavy atom. The summed E-state index contributed by atoms with van der Waals surface area (Å²) in [4.78, 5) is 53.2. The number of esters is 3. The zero-order chi connectivity index (χ0) is 32.4. The van der Waals surface area contributed by atoms with E-state index < -0.39 is 46.9 Å². The molecular weight excluding hydrogens is 554 g/mol. The maximum atomic E-state index is 13.1. The van der Waals surface area contributed by atoms with Gasteiger partial charge < -0.3 is 29.6 Å². The van der Waals surface area contributed by atoms with Crippen molar-refractivity contribution >= 4 is 24.0 Å². The summed E-state index contributed by atoms with van der Waals surface area (Å²) in [6.07, 6.45) is 0.453. The summed E-state index contributed by atoms with van der Waals surface area (Å²) in [7, 11) is 0. The van der Waals surface area contributed by atoms with Crippen molar-refractivity contribution in [3.63, 3.8) is 0 Å². The van der Waals surface area contributed by atoms with Crippen LogP contribution in [0.5, 0.6) is 0 Å². The third kappa shape index (κ3) is 14.2. The maximum absolute atomic E-state index is 13.1. The van der Waals surface area contributed by atoms with Gasteiger partial charge in [0.25, 0.3) is 0 Å². The number of nitrogens with zero attached hydrogens (tertiary/aromatic N) is 1. The Hall–Kier alpha value is -3.18. The first kappa shape index (κ1) is 36.0. The number of carbonyl (C=O) groups is 4. The average molecular weight is 606 g/mol. The molecule has 1 heterocycles. The van der Waals surface area contributed by atoms with Crippen molar-refractivity contribution in [3.05, 3.63) is 35.9 Å². The van der Waals surface area contributed by atoms with Gasteiger partial charge in [0, 0.05) is 13.1 Å². The quantitative estimate of drug-likeness (QED) is 0.250. The second-order valence-corrected chi connectivity index (χ2v) is 13.8. The van der Waals surface area contributed by atoms with E-state index in [1.54, 1.807) is 41.5 Å². The van der Waals surface area contributed by atoms with Gasteiger partial charge in [0.2, 0.25) is 0 Å². The highest BCUT2D eigenvalue weighted by atomic mass is 16.6. The number of ether oxygens (including phenoxy) is 4. The van der Waals surface area contributed by atoms with Crippen molar-refractivity contribution in [2.75, 3.05) is 19.6 Å². The predicted molar refractivity (Wildman–Crippen MR) is 162 cm³/mol. The van der Waals surface area contributed by atoms with Crippen LogP contribution in [0, 0.1) is 0 Å². The topological polar surface area (TPSA) is 132 Å². The molecule has 1 fully saturated rings. The third-order valence-electron chi connectivity index (χ3n) is 6.23. The second-order valence-electron chi connectivity index (χ2n) is 13.8. The van der Waals surface area contributed by atoms with Gasteiger partial charge in [0.1, 0.15) is 41.5 Å². The molecule has 0 saturated carbocycles. The fourth-order valence-corrected chi connectivity index (χ4v) is 4.25. The highest BCUT2D eigenvalue weighted by Gasteiger charge is 2.38. The highest BCUT2D eigenvalue weighted by molar-refractivity contribution is 5.81. The van der Waals surface area contributed by atoms with Crippen LogP contribution in [0.15, 0.2) is 30.3 Å². The smallest absolute Gasteiger partial charge is 0.408 e. The van der Waals surface area contributed by atoms with E-state index in [4.69, 9.17) is 18.9 Å². The molecule has 1 aliphatic heterocycles. The molecule has 3 atom stereocenters. The molecule has 43 heavy (non-hydrogen) atoms. The van der Waals surface area contributed by atoms with Gasteiger partial charge in [0.15, 0.2) is 0 Å². The molecule has 0 radical (unpaired) electrons. The van der Waals surface area contributed by atoms with Crippen molar-refractivity contribution in [1.29, 1.82) is 0 Å². The van der Waals surface area contributed by atoms with E-state index in [0.717, 1.165) is 12.1 Å². The van der Waals surface area contributed by atoms with E-state index in [1.807, 2.05) is 56.0 Å². The van der Waals surface area contributed by atoms with Crippen LogP contribution in [0.2, 0.25) is 0 Å². The Morgan fingerprint density at radius 1 is 0.814 bits per heavy atom. The van der Waals surface area contributed by atoms with Gasteiger partial charge in [-0.15, -0.1) is 0 Å². The Bertz CT molecular complexity index is 1070. The van der Waals surface area contributed by atoms with Gasteiger partial charge in [0.05, 0.1) is 0 Å². The molecule has 0 spiro atoms. The number of hydrogen-bond acceptors (Lipinski definition) is 10. The third-order valence-corrected chi connectivity index (χ3v) is 6.23. The molecule has 1 saturated heterocycles. The Balaban J connectivity index is 2.03. The Labute approximate surface area is 256 Å². The van der Waals surface area contributed by atoms with E-state index in [9.17, 15) is 19.2 Å². The lowest BCUT2D eigenvalue weighted by Gasteiger charge is -2.40. The van der Waals surface area contributed by atoms with Crippen molar-refractivity contribution in [3.8, 4) is 0 Å². The molecular formula is C32H51N3O8. The molecule has 2 N–H and O–H groups in total. The normalized spacial score (nSPS) is 17.2. The lowest BCUT2D eigenvalue weighted by Crippen LogP contribution is -2.55. The summed E-state index contributed by atoms with van der Waals surface area (Å²) in [5, 5.41) is 5.79. The molecule has 1 aromatic rings. The zero-order valence-corrected chi connectivity index (χ0v) is 27.3. The minimum Gasteiger partial charge on any atom is -0.459 e. The number of likely N-dealkylation sites (tertiary alicyclic amines) is 1. The molecule has 11 heteroatoms. The van der Waals surface area contributed by atoms with Crippen LogP contribution in [0.1, 0.15) is 87.1 Å². The molecule has 0 aliphatic carbocycles. The number of carbonyl (C=O) groups excluding carboxylic acids is 4. The SMILES string of the molecule is CC(C)(C)OC(=O)C(CCN1CC[C@@H]1C(=O)OC(C)(C)C)NCC[C@H](NC(=O)OCc1ccccc1)C(=O)OC(C)(C)C. The summed E-state index contributed by atoms with van der Waals surface area (Å²) in [6, 6.07) is 7.14. The number of alkyl carbamates (subject to hydrolysis) is 1. The number of rotatable bonds is 13. The standard InChI is InChI=1S/C32H51N3O8/c1-30(2,3)41-26(36)23(16-19-35-20-17-25(35)28(38)43-32(7,8)9)33-18-15-24(27(37)42-31(4,5)6)34-29(39)40-21-22-13-11-10-12-14-22/h10-14,23-25,33H,15-21H2,1-9H3,(H,34,39)/t23?,24-,25+/m0/s1. The molecule has 1 amide bonds. The van der Waals surface area contributed by atoms with Crippen molar-refractivity contribution in [1.82, 2.24) is 15.5 Å². The molecule has 1 aliphatic rings. The van der Waals surface area contributed by atoms with Gasteiger partial charge in [-0.05, 0) is 93.7 Å². The van der Waals surface area contributed by atoms with E-state index in [-0.39, 0.29) is 31.6 Å². The minimum atomic E-state index is -1.01. The van der Waals surface area contributed by atoms with Gasteiger partial charge in [-0.3, -0.25) is 14.5 Å². The molecule has 242 valence electrons. The molecule has 0 bridgehead atoms. The average Bonchev–Trinajstić information content (AvgIpc) is 2.82. The van der Waals surface area contributed by atoms with Crippen molar-refractivity contribution in [2.24, 2.45) is 0 Å². The number of hydrogen-bond donors (Lipinski definition) is 2. The van der Waals surface area contributed by atoms with E-state index in [0.29, 0.717) is 19.4 Å². The number of amides is 1. The van der Waals surface area contributed by atoms with Crippen LogP contribution in [0.4, 0.5) is 4.79 Å². The number of nitrogens with one attached hydrogen (secondary N) is 2. The van der Waals surface area contributed by atoms with Crippen LogP contribution >= 0.6 is 0 Å². The second kappa shape index (κ2) is 15.5. The zero-order valence-electron chi connectivity index (χ0n) is 27.3. The molecule has 11 nitrogen and oxygen atoms in total. The van der Waals surface area contributed by atoms with Crippen LogP contribution in [0.3, 0.4) is 0 Å². The fourth-order valence-electron chi connectivity index (χ4n) is 4.25. The summed E-state index contributed by atoms with van der Waals surface area (Å²) < 4.78 is 22.0. The van der Waals surface area contributed by atoms with E-state index >= 15 is 0 Å². The number of benzene rings is 1. The van der Waals surface area contributed by atoms with Crippen LogP contribution in [-0.4, -0.2) is 83.5 Å². The van der Waals surface area contributed by atoms with Crippen molar-refractivity contribution in [2.45, 2.75) is 123 Å². The minimum absolute atomic E-state index is 0.0491. The molecule has 2 rings (SSSR count). The largest absolute Gasteiger partial charge is 0.459 e. The first-order valence-electron chi connectivity index (χ1n) is 15.0. The lowest BCUT2D eigenvalue weighted by molar-refractivity contribution is -0.166. The van der Waals surface area contributed by atoms with E-state index in [2.05, 4.69) is 10.6 Å². The summed E-state index contributed by atoms with van der Waals surface area (Å²) >= 11 is 0. The van der Waals surface area contributed by atoms with Crippen LogP contribution in [-0.2, 0) is 39.9 Å². The van der Waals surface area contributed by atoms with Gasteiger partial charge >= 0.3 is 24.0 Å². The molecule has 0 aromatic heterocycles. The van der Waals surface area contributed by atoms with E-state index in [1.165, 1.54) is 0 Å². The summed E-state index contributed by atoms with van der Waals surface area (Å²) in [5.41, 5.74) is -1.23. The van der Waals surface area contributed by atoms with Gasteiger partial charge in [-0.25, -0.2) is 9.59 Å². The van der Waals surface area contributed by atoms with Crippen LogP contribution in [0.25, 0.3) is 0 Å².